The standard InChI is InChI=1S/C26H34F3N3O3S/c1-7-21(13-12-18(3)26(27,28)29)35-23-15-22(30-32(23)8-2)19-10-9-11-20(14-19)25(16-34-17-25)31-36(33)24(4,5)6/h7,9-15,18,31H,8,16-17H2,1-6H3. The first-order chi connectivity index (χ1) is 16.8. The molecule has 1 aromatic carbocycles. The van der Waals surface area contributed by atoms with Gasteiger partial charge >= 0.3 is 6.18 Å². The second-order valence-electron chi connectivity index (χ2n) is 9.80. The molecule has 3 rings (SSSR count). The van der Waals surface area contributed by atoms with Gasteiger partial charge in [-0.05, 0) is 58.4 Å². The second kappa shape index (κ2) is 10.9. The van der Waals surface area contributed by atoms with Crippen molar-refractivity contribution in [3.8, 4) is 17.1 Å². The normalized spacial score (nSPS) is 18.2. The van der Waals surface area contributed by atoms with Crippen LogP contribution in [-0.2, 0) is 27.8 Å². The minimum absolute atomic E-state index is 0.292. The van der Waals surface area contributed by atoms with Crippen LogP contribution in [0.3, 0.4) is 0 Å². The number of benzene rings is 1. The Hall–Kier alpha value is -2.43. The molecule has 1 aliphatic heterocycles. The topological polar surface area (TPSA) is 65.4 Å². The number of nitrogens with one attached hydrogen (secondary N) is 1. The highest BCUT2D eigenvalue weighted by Crippen LogP contribution is 2.34. The highest BCUT2D eigenvalue weighted by Gasteiger charge is 2.43. The molecule has 0 saturated carbocycles. The van der Waals surface area contributed by atoms with E-state index in [4.69, 9.17) is 9.47 Å². The molecule has 6 nitrogen and oxygen atoms in total. The number of hydrogen-bond acceptors (Lipinski definition) is 4. The fourth-order valence-electron chi connectivity index (χ4n) is 3.41. The number of hydrogen-bond donors (Lipinski definition) is 1. The predicted molar refractivity (Wildman–Crippen MR) is 136 cm³/mol. The van der Waals surface area contributed by atoms with E-state index >= 15 is 0 Å². The van der Waals surface area contributed by atoms with Crippen LogP contribution in [0, 0.1) is 5.92 Å². The maximum absolute atomic E-state index is 12.9. The third-order valence-electron chi connectivity index (χ3n) is 5.87. The quantitative estimate of drug-likeness (QED) is 0.328. The first-order valence-corrected chi connectivity index (χ1v) is 13.0. The summed E-state index contributed by atoms with van der Waals surface area (Å²) < 4.78 is 67.3. The molecule has 2 unspecified atom stereocenters. The molecule has 10 heteroatoms. The minimum atomic E-state index is -4.31. The van der Waals surface area contributed by atoms with Crippen LogP contribution in [-0.4, -0.2) is 38.1 Å². The average molecular weight is 526 g/mol. The molecule has 36 heavy (non-hydrogen) atoms. The summed E-state index contributed by atoms with van der Waals surface area (Å²) in [5.41, 5.74) is 1.88. The molecule has 2 heterocycles. The molecule has 198 valence electrons. The Labute approximate surface area is 213 Å². The lowest BCUT2D eigenvalue weighted by Crippen LogP contribution is -2.59. The minimum Gasteiger partial charge on any atom is -0.440 e. The van der Waals surface area contributed by atoms with Crippen LogP contribution in [0.2, 0.25) is 0 Å². The fraction of sp³-hybridized carbons (Fsp3) is 0.500. The second-order valence-corrected chi connectivity index (χ2v) is 11.8. The molecule has 2 atom stereocenters. The molecule has 1 saturated heterocycles. The van der Waals surface area contributed by atoms with E-state index in [1.807, 2.05) is 52.0 Å². The van der Waals surface area contributed by atoms with E-state index in [2.05, 4.69) is 9.82 Å². The number of halogens is 3. The predicted octanol–water partition coefficient (Wildman–Crippen LogP) is 5.88. The van der Waals surface area contributed by atoms with E-state index in [1.165, 1.54) is 6.08 Å². The Bertz CT molecular complexity index is 1150. The van der Waals surface area contributed by atoms with Gasteiger partial charge < -0.3 is 9.47 Å². The van der Waals surface area contributed by atoms with E-state index in [0.717, 1.165) is 24.1 Å². The molecule has 1 aromatic heterocycles. The summed E-state index contributed by atoms with van der Waals surface area (Å²) in [6, 6.07) is 9.56. The number of alkyl halides is 3. The van der Waals surface area contributed by atoms with Gasteiger partial charge in [-0.2, -0.15) is 18.3 Å². The zero-order valence-electron chi connectivity index (χ0n) is 21.5. The van der Waals surface area contributed by atoms with Crippen molar-refractivity contribution < 1.29 is 26.9 Å². The van der Waals surface area contributed by atoms with Gasteiger partial charge in [0.1, 0.15) is 11.3 Å². The SMILES string of the molecule is CC=C(C=CC(C)C(F)(F)F)Oc1cc(-c2cccc(C3(NS(=O)C(C)(C)C)COC3)c2)nn1CC. The van der Waals surface area contributed by atoms with Crippen molar-refractivity contribution in [3.63, 3.8) is 0 Å². The number of aromatic nitrogens is 2. The lowest BCUT2D eigenvalue weighted by molar-refractivity contribution is -0.156. The van der Waals surface area contributed by atoms with Crippen LogP contribution in [0.25, 0.3) is 11.3 Å². The summed E-state index contributed by atoms with van der Waals surface area (Å²) in [4.78, 5) is 0. The van der Waals surface area contributed by atoms with Crippen LogP contribution in [0.1, 0.15) is 47.1 Å². The van der Waals surface area contributed by atoms with Crippen molar-refractivity contribution in [2.45, 2.75) is 64.5 Å². The van der Waals surface area contributed by atoms with Crippen molar-refractivity contribution in [2.24, 2.45) is 5.92 Å². The molecule has 1 fully saturated rings. The van der Waals surface area contributed by atoms with E-state index < -0.39 is 33.4 Å². The summed E-state index contributed by atoms with van der Waals surface area (Å²) in [7, 11) is -1.28. The van der Waals surface area contributed by atoms with Crippen molar-refractivity contribution in [3.05, 3.63) is 59.9 Å². The third kappa shape index (κ3) is 6.46. The Morgan fingerprint density at radius 2 is 2.00 bits per heavy atom. The van der Waals surface area contributed by atoms with E-state index in [1.54, 1.807) is 23.7 Å². The molecule has 0 amide bonds. The lowest BCUT2D eigenvalue weighted by atomic mass is 9.88. The molecule has 0 aliphatic carbocycles. The monoisotopic (exact) mass is 525 g/mol. The molecular formula is C26H34F3N3O3S. The van der Waals surface area contributed by atoms with Crippen molar-refractivity contribution in [1.29, 1.82) is 0 Å². The van der Waals surface area contributed by atoms with Gasteiger partial charge in [-0.15, -0.1) is 0 Å². The van der Waals surface area contributed by atoms with E-state index in [0.29, 0.717) is 37.1 Å². The zero-order valence-corrected chi connectivity index (χ0v) is 22.3. The van der Waals surface area contributed by atoms with Crippen molar-refractivity contribution in [1.82, 2.24) is 14.5 Å². The van der Waals surface area contributed by atoms with Gasteiger partial charge in [0.2, 0.25) is 5.88 Å². The molecule has 0 radical (unpaired) electrons. The number of ether oxygens (including phenoxy) is 2. The maximum Gasteiger partial charge on any atom is 0.394 e. The largest absolute Gasteiger partial charge is 0.440 e. The zero-order chi connectivity index (χ0) is 26.7. The Kier molecular flexibility index (Phi) is 8.52. The van der Waals surface area contributed by atoms with Gasteiger partial charge in [-0.3, -0.25) is 0 Å². The molecule has 1 aliphatic rings. The van der Waals surface area contributed by atoms with Gasteiger partial charge in [0, 0.05) is 18.2 Å². The van der Waals surface area contributed by atoms with E-state index in [-0.39, 0.29) is 0 Å². The molecule has 0 spiro atoms. The Balaban J connectivity index is 1.86. The first-order valence-electron chi connectivity index (χ1n) is 11.8. The van der Waals surface area contributed by atoms with Crippen LogP contribution in [0.5, 0.6) is 5.88 Å². The average Bonchev–Trinajstić information content (AvgIpc) is 3.20. The molecule has 2 aromatic rings. The van der Waals surface area contributed by atoms with Crippen LogP contribution < -0.4 is 9.46 Å². The number of rotatable bonds is 9. The third-order valence-corrected chi connectivity index (χ3v) is 7.56. The fourth-order valence-corrected chi connectivity index (χ4v) is 4.30. The summed E-state index contributed by atoms with van der Waals surface area (Å²) in [6.45, 7) is 11.8. The smallest absolute Gasteiger partial charge is 0.394 e. The van der Waals surface area contributed by atoms with Gasteiger partial charge in [0.05, 0.1) is 40.6 Å². The van der Waals surface area contributed by atoms with Crippen LogP contribution in [0.15, 0.2) is 54.3 Å². The summed E-state index contributed by atoms with van der Waals surface area (Å²) >= 11 is 0. The van der Waals surface area contributed by atoms with Gasteiger partial charge in [-0.25, -0.2) is 13.6 Å². The van der Waals surface area contributed by atoms with Gasteiger partial charge in [-0.1, -0.05) is 31.2 Å². The van der Waals surface area contributed by atoms with E-state index in [9.17, 15) is 17.4 Å². The number of aryl methyl sites for hydroxylation is 1. The van der Waals surface area contributed by atoms with Crippen LogP contribution >= 0.6 is 0 Å². The van der Waals surface area contributed by atoms with Gasteiger partial charge in [0.25, 0.3) is 0 Å². The molecule has 1 N–H and O–H groups in total. The van der Waals surface area contributed by atoms with Crippen LogP contribution in [0.4, 0.5) is 13.2 Å². The first kappa shape index (κ1) is 28.1. The maximum atomic E-state index is 12.9. The summed E-state index contributed by atoms with van der Waals surface area (Å²) in [5, 5.41) is 4.64. The summed E-state index contributed by atoms with van der Waals surface area (Å²) in [6.07, 6.45) is -0.308. The Morgan fingerprint density at radius 1 is 1.31 bits per heavy atom. The lowest BCUT2D eigenvalue weighted by Gasteiger charge is -2.43. The highest BCUT2D eigenvalue weighted by atomic mass is 32.2. The van der Waals surface area contributed by atoms with Crippen molar-refractivity contribution >= 4 is 11.0 Å². The Morgan fingerprint density at radius 3 is 2.53 bits per heavy atom. The number of allylic oxidation sites excluding steroid dienone is 3. The van der Waals surface area contributed by atoms with Crippen molar-refractivity contribution in [2.75, 3.05) is 13.2 Å². The summed E-state index contributed by atoms with van der Waals surface area (Å²) in [5.74, 6) is -0.876. The van der Waals surface area contributed by atoms with Gasteiger partial charge in [0.15, 0.2) is 0 Å². The number of nitrogens with zero attached hydrogens (tertiary/aromatic N) is 2. The highest BCUT2D eigenvalue weighted by molar-refractivity contribution is 7.84. The molecular weight excluding hydrogens is 491 g/mol. The molecule has 0 bridgehead atoms.